The molecular weight excluding hydrogens is 264 g/mol. The Morgan fingerprint density at radius 2 is 1.89 bits per heavy atom. The number of ether oxygens (including phenoxy) is 1. The Kier molecular flexibility index (Phi) is 4.55. The minimum Gasteiger partial charge on any atom is -0.489 e. The standard InChI is InChI=1S/C15H13ClO3/c16-13-6-4-11(5-7-13)10-19-14-3-1-2-12(8-14)15(18)9-17/h1-8,17H,9-10H2. The van der Waals surface area contributed by atoms with Gasteiger partial charge in [-0.05, 0) is 29.8 Å². The molecule has 0 radical (unpaired) electrons. The number of Topliss-reactive ketones (excluding diaryl/α,β-unsaturated/α-hetero) is 1. The molecule has 2 rings (SSSR count). The molecular formula is C15H13ClO3. The van der Waals surface area contributed by atoms with Crippen LogP contribution in [0.25, 0.3) is 0 Å². The Morgan fingerprint density at radius 1 is 1.16 bits per heavy atom. The summed E-state index contributed by atoms with van der Waals surface area (Å²) in [5.41, 5.74) is 1.43. The molecule has 0 unspecified atom stereocenters. The number of aliphatic hydroxyl groups excluding tert-OH is 1. The highest BCUT2D eigenvalue weighted by molar-refractivity contribution is 6.30. The van der Waals surface area contributed by atoms with Crippen LogP contribution in [0.15, 0.2) is 48.5 Å². The van der Waals surface area contributed by atoms with Crippen LogP contribution >= 0.6 is 11.6 Å². The fourth-order valence-electron chi connectivity index (χ4n) is 1.60. The van der Waals surface area contributed by atoms with Gasteiger partial charge in [-0.1, -0.05) is 35.9 Å². The van der Waals surface area contributed by atoms with E-state index >= 15 is 0 Å². The second kappa shape index (κ2) is 6.36. The van der Waals surface area contributed by atoms with Crippen LogP contribution in [-0.4, -0.2) is 17.5 Å². The molecule has 0 aliphatic rings. The minimum atomic E-state index is -0.499. The summed E-state index contributed by atoms with van der Waals surface area (Å²) >= 11 is 5.80. The van der Waals surface area contributed by atoms with Crippen LogP contribution in [0.1, 0.15) is 15.9 Å². The van der Waals surface area contributed by atoms with Crippen molar-refractivity contribution in [1.29, 1.82) is 0 Å². The highest BCUT2D eigenvalue weighted by Gasteiger charge is 2.05. The van der Waals surface area contributed by atoms with Crippen LogP contribution in [0.2, 0.25) is 5.02 Å². The van der Waals surface area contributed by atoms with E-state index in [-0.39, 0.29) is 5.78 Å². The zero-order valence-corrected chi connectivity index (χ0v) is 10.9. The van der Waals surface area contributed by atoms with Crippen LogP contribution in [0.5, 0.6) is 5.75 Å². The summed E-state index contributed by atoms with van der Waals surface area (Å²) in [7, 11) is 0. The van der Waals surface area contributed by atoms with E-state index < -0.39 is 6.61 Å². The lowest BCUT2D eigenvalue weighted by Crippen LogP contribution is -2.04. The monoisotopic (exact) mass is 276 g/mol. The molecule has 0 aliphatic heterocycles. The summed E-state index contributed by atoms with van der Waals surface area (Å²) in [6.45, 7) is -0.103. The van der Waals surface area contributed by atoms with E-state index in [1.165, 1.54) is 0 Å². The lowest BCUT2D eigenvalue weighted by molar-refractivity contribution is 0.0903. The first-order valence-corrected chi connectivity index (χ1v) is 6.18. The highest BCUT2D eigenvalue weighted by Crippen LogP contribution is 2.16. The van der Waals surface area contributed by atoms with Gasteiger partial charge in [0.15, 0.2) is 5.78 Å². The first-order valence-electron chi connectivity index (χ1n) is 5.80. The van der Waals surface area contributed by atoms with Crippen LogP contribution in [-0.2, 0) is 6.61 Å². The predicted octanol–water partition coefficient (Wildman–Crippen LogP) is 3.09. The van der Waals surface area contributed by atoms with Gasteiger partial charge in [-0.3, -0.25) is 4.79 Å². The minimum absolute atomic E-state index is 0.322. The number of aliphatic hydroxyl groups is 1. The fraction of sp³-hybridized carbons (Fsp3) is 0.133. The van der Waals surface area contributed by atoms with Gasteiger partial charge >= 0.3 is 0 Å². The summed E-state index contributed by atoms with van der Waals surface area (Å²) < 4.78 is 5.59. The first-order chi connectivity index (χ1) is 9.19. The Bertz CT molecular complexity index is 564. The van der Waals surface area contributed by atoms with Crippen molar-refractivity contribution in [3.8, 4) is 5.75 Å². The molecule has 0 fully saturated rings. The van der Waals surface area contributed by atoms with E-state index in [0.717, 1.165) is 5.56 Å². The van der Waals surface area contributed by atoms with Crippen molar-refractivity contribution in [3.63, 3.8) is 0 Å². The van der Waals surface area contributed by atoms with E-state index in [4.69, 9.17) is 21.4 Å². The first kappa shape index (κ1) is 13.6. The Labute approximate surface area is 116 Å². The maximum absolute atomic E-state index is 11.4. The molecule has 2 aromatic carbocycles. The van der Waals surface area contributed by atoms with E-state index in [0.29, 0.717) is 22.9 Å². The fourth-order valence-corrected chi connectivity index (χ4v) is 1.72. The number of benzene rings is 2. The van der Waals surface area contributed by atoms with Crippen molar-refractivity contribution in [2.45, 2.75) is 6.61 Å². The number of ketones is 1. The van der Waals surface area contributed by atoms with Crippen LogP contribution in [0.3, 0.4) is 0 Å². The molecule has 0 amide bonds. The van der Waals surface area contributed by atoms with Crippen LogP contribution < -0.4 is 4.74 Å². The number of rotatable bonds is 5. The van der Waals surface area contributed by atoms with Gasteiger partial charge in [0.25, 0.3) is 0 Å². The van der Waals surface area contributed by atoms with Crippen molar-refractivity contribution in [1.82, 2.24) is 0 Å². The molecule has 3 nitrogen and oxygen atoms in total. The highest BCUT2D eigenvalue weighted by atomic mass is 35.5. The van der Waals surface area contributed by atoms with Crippen molar-refractivity contribution < 1.29 is 14.6 Å². The van der Waals surface area contributed by atoms with Gasteiger partial charge in [-0.15, -0.1) is 0 Å². The molecule has 0 saturated carbocycles. The number of hydrogen-bond acceptors (Lipinski definition) is 3. The normalized spacial score (nSPS) is 10.2. The average molecular weight is 277 g/mol. The number of hydrogen-bond donors (Lipinski definition) is 1. The van der Waals surface area contributed by atoms with Gasteiger partial charge < -0.3 is 9.84 Å². The molecule has 0 aromatic heterocycles. The van der Waals surface area contributed by atoms with Gasteiger partial charge in [-0.25, -0.2) is 0 Å². The SMILES string of the molecule is O=C(CO)c1cccc(OCc2ccc(Cl)cc2)c1. The molecule has 0 bridgehead atoms. The zero-order chi connectivity index (χ0) is 13.7. The quantitative estimate of drug-likeness (QED) is 0.854. The number of carbonyl (C=O) groups excluding carboxylic acids is 1. The Balaban J connectivity index is 2.03. The summed E-state index contributed by atoms with van der Waals surface area (Å²) in [5, 5.41) is 9.49. The molecule has 0 saturated heterocycles. The van der Waals surface area contributed by atoms with E-state index in [1.54, 1.807) is 36.4 Å². The van der Waals surface area contributed by atoms with E-state index in [9.17, 15) is 4.79 Å². The van der Waals surface area contributed by atoms with Gasteiger partial charge in [-0.2, -0.15) is 0 Å². The van der Waals surface area contributed by atoms with Crippen molar-refractivity contribution >= 4 is 17.4 Å². The third kappa shape index (κ3) is 3.81. The van der Waals surface area contributed by atoms with Crippen molar-refractivity contribution in [2.24, 2.45) is 0 Å². The van der Waals surface area contributed by atoms with E-state index in [1.807, 2.05) is 12.1 Å². The maximum atomic E-state index is 11.4. The molecule has 1 N–H and O–H groups in total. The van der Waals surface area contributed by atoms with Gasteiger partial charge in [0.1, 0.15) is 19.0 Å². The summed E-state index contributed by atoms with van der Waals surface area (Å²) in [4.78, 5) is 11.4. The maximum Gasteiger partial charge on any atom is 0.188 e. The van der Waals surface area contributed by atoms with E-state index in [2.05, 4.69) is 0 Å². The number of carbonyl (C=O) groups is 1. The lowest BCUT2D eigenvalue weighted by Gasteiger charge is -2.07. The molecule has 0 spiro atoms. The molecule has 0 aliphatic carbocycles. The number of halogens is 1. The molecule has 19 heavy (non-hydrogen) atoms. The van der Waals surface area contributed by atoms with Crippen LogP contribution in [0.4, 0.5) is 0 Å². The topological polar surface area (TPSA) is 46.5 Å². The molecule has 0 atom stereocenters. The zero-order valence-electron chi connectivity index (χ0n) is 10.2. The Hall–Kier alpha value is -1.84. The Morgan fingerprint density at radius 3 is 2.58 bits per heavy atom. The van der Waals surface area contributed by atoms with Gasteiger partial charge in [0, 0.05) is 10.6 Å². The third-order valence-corrected chi connectivity index (χ3v) is 2.87. The molecule has 0 heterocycles. The third-order valence-electron chi connectivity index (χ3n) is 2.62. The van der Waals surface area contributed by atoms with Crippen LogP contribution in [0, 0.1) is 0 Å². The molecule has 98 valence electrons. The predicted molar refractivity (Wildman–Crippen MR) is 73.6 cm³/mol. The van der Waals surface area contributed by atoms with Crippen molar-refractivity contribution in [2.75, 3.05) is 6.61 Å². The second-order valence-corrected chi connectivity index (χ2v) is 4.46. The van der Waals surface area contributed by atoms with Gasteiger partial charge in [0.05, 0.1) is 0 Å². The molecule has 4 heteroatoms. The summed E-state index contributed by atoms with van der Waals surface area (Å²) in [6, 6.07) is 14.1. The summed E-state index contributed by atoms with van der Waals surface area (Å²) in [6.07, 6.45) is 0. The average Bonchev–Trinajstić information content (AvgIpc) is 2.46. The summed E-state index contributed by atoms with van der Waals surface area (Å²) in [5.74, 6) is 0.270. The van der Waals surface area contributed by atoms with Crippen molar-refractivity contribution in [3.05, 3.63) is 64.7 Å². The molecule has 2 aromatic rings. The van der Waals surface area contributed by atoms with Gasteiger partial charge in [0.2, 0.25) is 0 Å². The second-order valence-electron chi connectivity index (χ2n) is 4.02. The lowest BCUT2D eigenvalue weighted by atomic mass is 10.1. The largest absolute Gasteiger partial charge is 0.489 e. The smallest absolute Gasteiger partial charge is 0.188 e.